The largest absolute Gasteiger partial charge is 0.377 e. The number of methoxy groups -OCH3 is 1. The van der Waals surface area contributed by atoms with E-state index in [0.717, 1.165) is 24.1 Å². The molecule has 0 amide bonds. The molecule has 0 aliphatic heterocycles. The average Bonchev–Trinajstić information content (AvgIpc) is 3.54. The monoisotopic (exact) mass is 437 g/mol. The molecular formula is C24H25F2N5O. The van der Waals surface area contributed by atoms with Gasteiger partial charge in [-0.25, -0.2) is 23.7 Å². The Bertz CT molecular complexity index is 1220. The summed E-state index contributed by atoms with van der Waals surface area (Å²) in [7, 11) is 1.55. The van der Waals surface area contributed by atoms with Crippen molar-refractivity contribution >= 4 is 16.9 Å². The van der Waals surface area contributed by atoms with Crippen LogP contribution in [0.3, 0.4) is 0 Å². The Morgan fingerprint density at radius 1 is 1.22 bits per heavy atom. The van der Waals surface area contributed by atoms with Gasteiger partial charge in [-0.1, -0.05) is 18.2 Å². The van der Waals surface area contributed by atoms with Crippen molar-refractivity contribution in [1.82, 2.24) is 15.0 Å². The van der Waals surface area contributed by atoms with Gasteiger partial charge < -0.3 is 10.1 Å². The van der Waals surface area contributed by atoms with Crippen LogP contribution >= 0.6 is 0 Å². The summed E-state index contributed by atoms with van der Waals surface area (Å²) in [6, 6.07) is 8.54. The van der Waals surface area contributed by atoms with Crippen molar-refractivity contribution in [3.8, 4) is 6.07 Å². The van der Waals surface area contributed by atoms with Crippen molar-refractivity contribution in [2.45, 2.75) is 57.8 Å². The van der Waals surface area contributed by atoms with Crippen molar-refractivity contribution in [3.05, 3.63) is 58.3 Å². The van der Waals surface area contributed by atoms with Crippen LogP contribution in [-0.2, 0) is 16.8 Å². The molecule has 0 spiro atoms. The minimum atomic E-state index is -1.41. The summed E-state index contributed by atoms with van der Waals surface area (Å²) in [4.78, 5) is 13.7. The molecule has 1 saturated carbocycles. The van der Waals surface area contributed by atoms with E-state index < -0.39 is 23.4 Å². The molecule has 8 heteroatoms. The van der Waals surface area contributed by atoms with E-state index >= 15 is 0 Å². The number of aryl methyl sites for hydroxylation is 1. The van der Waals surface area contributed by atoms with Gasteiger partial charge in [0, 0.05) is 23.9 Å². The number of fused-ring (bicyclic) bond motifs is 1. The van der Waals surface area contributed by atoms with Crippen LogP contribution in [0.15, 0.2) is 24.3 Å². The first-order valence-electron chi connectivity index (χ1n) is 10.6. The number of benzene rings is 1. The number of nitriles is 1. The van der Waals surface area contributed by atoms with Crippen molar-refractivity contribution in [3.63, 3.8) is 0 Å². The van der Waals surface area contributed by atoms with Crippen LogP contribution in [0.1, 0.15) is 67.1 Å². The Kier molecular flexibility index (Phi) is 5.78. The van der Waals surface area contributed by atoms with Crippen LogP contribution in [0, 0.1) is 24.1 Å². The predicted molar refractivity (Wildman–Crippen MR) is 117 cm³/mol. The molecule has 1 unspecified atom stereocenters. The van der Waals surface area contributed by atoms with E-state index in [-0.39, 0.29) is 12.2 Å². The quantitative estimate of drug-likeness (QED) is 0.534. The van der Waals surface area contributed by atoms with Gasteiger partial charge in [0.1, 0.15) is 24.4 Å². The number of hydrogen-bond acceptors (Lipinski definition) is 6. The maximum atomic E-state index is 14.9. The molecule has 166 valence electrons. The average molecular weight is 437 g/mol. The van der Waals surface area contributed by atoms with Crippen LogP contribution in [0.4, 0.5) is 14.6 Å². The molecule has 6 nitrogen and oxygen atoms in total. The molecule has 2 atom stereocenters. The summed E-state index contributed by atoms with van der Waals surface area (Å²) in [6.07, 6.45) is 0.169. The molecule has 1 N–H and O–H groups in total. The molecule has 1 aliphatic carbocycles. The van der Waals surface area contributed by atoms with Crippen molar-refractivity contribution < 1.29 is 13.5 Å². The smallest absolute Gasteiger partial charge is 0.165 e. The second-order valence-electron chi connectivity index (χ2n) is 8.34. The number of nitrogens with zero attached hydrogens (tertiary/aromatic N) is 4. The van der Waals surface area contributed by atoms with Crippen LogP contribution in [-0.4, -0.2) is 22.1 Å². The van der Waals surface area contributed by atoms with Gasteiger partial charge in [0.15, 0.2) is 11.5 Å². The Labute approximate surface area is 185 Å². The van der Waals surface area contributed by atoms with Crippen LogP contribution in [0.5, 0.6) is 0 Å². The van der Waals surface area contributed by atoms with Gasteiger partial charge >= 0.3 is 0 Å². The molecule has 3 aromatic rings. The molecule has 0 bridgehead atoms. The van der Waals surface area contributed by atoms with E-state index in [1.165, 1.54) is 13.0 Å². The summed E-state index contributed by atoms with van der Waals surface area (Å²) in [5.74, 6) is 0.326. The van der Waals surface area contributed by atoms with E-state index in [9.17, 15) is 14.0 Å². The second kappa shape index (κ2) is 8.40. The first-order chi connectivity index (χ1) is 15.3. The second-order valence-corrected chi connectivity index (χ2v) is 8.34. The SMILES string of the molecule is COCc1nc(N[C@H](C)c2cccc(C(C)F)c2F)c2cc(C3(C#N)CC3)c(C)nc2n1. The van der Waals surface area contributed by atoms with E-state index in [1.807, 2.05) is 13.0 Å². The lowest BCUT2D eigenvalue weighted by Crippen LogP contribution is -2.14. The normalized spacial score (nSPS) is 16.4. The summed E-state index contributed by atoms with van der Waals surface area (Å²) in [6.45, 7) is 5.16. The highest BCUT2D eigenvalue weighted by molar-refractivity contribution is 5.88. The summed E-state index contributed by atoms with van der Waals surface area (Å²) < 4.78 is 33.9. The zero-order valence-corrected chi connectivity index (χ0v) is 18.5. The number of aromatic nitrogens is 3. The third-order valence-corrected chi connectivity index (χ3v) is 5.98. The molecule has 1 aromatic carbocycles. The number of halogens is 2. The Balaban J connectivity index is 1.81. The van der Waals surface area contributed by atoms with Gasteiger partial charge in [0.05, 0.1) is 22.9 Å². The highest BCUT2D eigenvalue weighted by Crippen LogP contribution is 2.49. The number of ether oxygens (including phenoxy) is 1. The van der Waals surface area contributed by atoms with Crippen LogP contribution in [0.25, 0.3) is 11.0 Å². The molecule has 2 aromatic heterocycles. The molecule has 1 aliphatic rings. The third-order valence-electron chi connectivity index (χ3n) is 5.98. The maximum absolute atomic E-state index is 14.9. The van der Waals surface area contributed by atoms with Crippen molar-refractivity contribution in [2.75, 3.05) is 12.4 Å². The van der Waals surface area contributed by atoms with Crippen molar-refractivity contribution in [2.24, 2.45) is 0 Å². The number of nitrogens with one attached hydrogen (secondary N) is 1. The number of rotatable bonds is 7. The lowest BCUT2D eigenvalue weighted by molar-refractivity contribution is 0.178. The fraction of sp³-hybridized carbons (Fsp3) is 0.417. The fourth-order valence-electron chi connectivity index (χ4n) is 4.04. The van der Waals surface area contributed by atoms with Gasteiger partial charge in [-0.15, -0.1) is 0 Å². The highest BCUT2D eigenvalue weighted by atomic mass is 19.1. The third kappa shape index (κ3) is 3.89. The number of alkyl halides is 1. The molecule has 0 saturated heterocycles. The zero-order valence-electron chi connectivity index (χ0n) is 18.5. The van der Waals surface area contributed by atoms with Gasteiger partial charge in [-0.05, 0) is 45.2 Å². The van der Waals surface area contributed by atoms with Gasteiger partial charge in [0.25, 0.3) is 0 Å². The zero-order chi connectivity index (χ0) is 23.0. The van der Waals surface area contributed by atoms with Crippen LogP contribution in [0.2, 0.25) is 0 Å². The highest BCUT2D eigenvalue weighted by Gasteiger charge is 2.46. The van der Waals surface area contributed by atoms with Crippen LogP contribution < -0.4 is 5.32 Å². The Hall–Kier alpha value is -3.18. The summed E-state index contributed by atoms with van der Waals surface area (Å²) in [5, 5.41) is 13.6. The van der Waals surface area contributed by atoms with Gasteiger partial charge in [0.2, 0.25) is 0 Å². The first-order valence-corrected chi connectivity index (χ1v) is 10.6. The maximum Gasteiger partial charge on any atom is 0.165 e. The molecule has 0 radical (unpaired) electrons. The number of anilines is 1. The fourth-order valence-corrected chi connectivity index (χ4v) is 4.04. The van der Waals surface area contributed by atoms with E-state index in [2.05, 4.69) is 26.3 Å². The van der Waals surface area contributed by atoms with E-state index in [0.29, 0.717) is 28.2 Å². The molecule has 2 heterocycles. The summed E-state index contributed by atoms with van der Waals surface area (Å²) >= 11 is 0. The number of hydrogen-bond donors (Lipinski definition) is 1. The molecule has 32 heavy (non-hydrogen) atoms. The number of pyridine rings is 1. The van der Waals surface area contributed by atoms with Gasteiger partial charge in [-0.3, -0.25) is 0 Å². The Morgan fingerprint density at radius 2 is 1.94 bits per heavy atom. The lowest BCUT2D eigenvalue weighted by Gasteiger charge is -2.20. The van der Waals surface area contributed by atoms with E-state index in [1.54, 1.807) is 26.2 Å². The minimum Gasteiger partial charge on any atom is -0.377 e. The van der Waals surface area contributed by atoms with Gasteiger partial charge in [-0.2, -0.15) is 5.26 Å². The minimum absolute atomic E-state index is 0.0213. The first kappa shape index (κ1) is 22.0. The standard InChI is InChI=1S/C24H25F2N5O/c1-13(25)16-6-5-7-17(21(16)26)14(2)28-22-18-10-19(24(12-27)8-9-24)15(3)29-23(18)31-20(30-22)11-32-4/h5-7,10,13-14H,8-9,11H2,1-4H3,(H,28,29,30,31)/t13?,14-/m1/s1. The molecule has 4 rings (SSSR count). The Morgan fingerprint density at radius 3 is 2.56 bits per heavy atom. The van der Waals surface area contributed by atoms with E-state index in [4.69, 9.17) is 4.74 Å². The molecular weight excluding hydrogens is 412 g/mol. The molecule has 1 fully saturated rings. The lowest BCUT2D eigenvalue weighted by atomic mass is 9.95. The summed E-state index contributed by atoms with van der Waals surface area (Å²) in [5.41, 5.74) is 1.94. The predicted octanol–water partition coefficient (Wildman–Crippen LogP) is 5.38. The topological polar surface area (TPSA) is 83.7 Å². The van der Waals surface area contributed by atoms with Crippen molar-refractivity contribution in [1.29, 1.82) is 5.26 Å².